The van der Waals surface area contributed by atoms with Gasteiger partial charge in [0.2, 0.25) is 0 Å². The van der Waals surface area contributed by atoms with Gasteiger partial charge in [-0.05, 0) is 75.5 Å². The Kier molecular flexibility index (Phi) is 7.10. The fourth-order valence-corrected chi connectivity index (χ4v) is 4.55. The molecule has 0 saturated heterocycles. The van der Waals surface area contributed by atoms with Gasteiger partial charge in [-0.3, -0.25) is 4.39 Å². The van der Waals surface area contributed by atoms with Crippen molar-refractivity contribution in [1.29, 1.82) is 0 Å². The maximum atomic E-state index is 12.4. The quantitative estimate of drug-likeness (QED) is 0.500. The minimum atomic E-state index is -0.105. The van der Waals surface area contributed by atoms with Crippen molar-refractivity contribution in [2.75, 3.05) is 6.67 Å². The predicted octanol–water partition coefficient (Wildman–Crippen LogP) is 6.32. The van der Waals surface area contributed by atoms with E-state index in [0.29, 0.717) is 5.92 Å². The van der Waals surface area contributed by atoms with Crippen LogP contribution in [0, 0.1) is 23.7 Å². The van der Waals surface area contributed by atoms with Crippen LogP contribution in [0.2, 0.25) is 0 Å². The summed E-state index contributed by atoms with van der Waals surface area (Å²) in [6.45, 7) is 2.02. The van der Waals surface area contributed by atoms with Gasteiger partial charge in [0.05, 0.1) is 6.67 Å². The van der Waals surface area contributed by atoms with E-state index in [0.717, 1.165) is 24.2 Å². The average Bonchev–Trinajstić information content (AvgIpc) is 2.49. The molecule has 0 aliphatic heterocycles. The first-order chi connectivity index (χ1) is 9.83. The zero-order valence-electron chi connectivity index (χ0n) is 13.3. The van der Waals surface area contributed by atoms with E-state index in [9.17, 15) is 4.39 Å². The van der Waals surface area contributed by atoms with Crippen molar-refractivity contribution >= 4 is 0 Å². The van der Waals surface area contributed by atoms with E-state index in [4.69, 9.17) is 0 Å². The molecule has 2 saturated carbocycles. The summed E-state index contributed by atoms with van der Waals surface area (Å²) in [4.78, 5) is 0. The first-order valence-corrected chi connectivity index (χ1v) is 9.00. The third kappa shape index (κ3) is 4.90. The number of allylic oxidation sites excluding steroid dienone is 2. The SMILES string of the molecule is CC=CCCC1CCC(C2CCC(CCF)CC2)CC1. The normalized spacial score (nSPS) is 35.5. The molecule has 0 aromatic rings. The van der Waals surface area contributed by atoms with Gasteiger partial charge in [-0.25, -0.2) is 0 Å². The van der Waals surface area contributed by atoms with Crippen LogP contribution in [0.25, 0.3) is 0 Å². The third-order valence-electron chi connectivity index (χ3n) is 5.94. The summed E-state index contributed by atoms with van der Waals surface area (Å²) in [5.41, 5.74) is 0. The summed E-state index contributed by atoms with van der Waals surface area (Å²) in [5.74, 6) is 3.67. The van der Waals surface area contributed by atoms with Crippen LogP contribution >= 0.6 is 0 Å². The van der Waals surface area contributed by atoms with Gasteiger partial charge < -0.3 is 0 Å². The molecule has 2 fully saturated rings. The number of halogens is 1. The molecule has 0 spiro atoms. The lowest BCUT2D eigenvalue weighted by atomic mass is 9.68. The molecule has 0 aromatic carbocycles. The molecule has 0 radical (unpaired) electrons. The Bertz CT molecular complexity index is 267. The maximum Gasteiger partial charge on any atom is 0.0897 e. The largest absolute Gasteiger partial charge is 0.251 e. The average molecular weight is 280 g/mol. The van der Waals surface area contributed by atoms with Crippen LogP contribution in [0.5, 0.6) is 0 Å². The summed E-state index contributed by atoms with van der Waals surface area (Å²) >= 11 is 0. The van der Waals surface area contributed by atoms with Gasteiger partial charge in [-0.2, -0.15) is 0 Å². The van der Waals surface area contributed by atoms with Gasteiger partial charge in [0.1, 0.15) is 0 Å². The van der Waals surface area contributed by atoms with E-state index < -0.39 is 0 Å². The fraction of sp³-hybridized carbons (Fsp3) is 0.895. The molecular weight excluding hydrogens is 247 g/mol. The lowest BCUT2D eigenvalue weighted by Gasteiger charge is -2.37. The molecule has 20 heavy (non-hydrogen) atoms. The molecule has 0 amide bonds. The Balaban J connectivity index is 1.64. The lowest BCUT2D eigenvalue weighted by Crippen LogP contribution is -2.26. The van der Waals surface area contributed by atoms with E-state index in [2.05, 4.69) is 19.1 Å². The molecule has 2 aliphatic carbocycles. The summed E-state index contributed by atoms with van der Waals surface area (Å²) < 4.78 is 12.4. The Morgan fingerprint density at radius 3 is 1.75 bits per heavy atom. The monoisotopic (exact) mass is 280 g/mol. The van der Waals surface area contributed by atoms with Crippen molar-refractivity contribution in [3.8, 4) is 0 Å². The minimum Gasteiger partial charge on any atom is -0.251 e. The zero-order chi connectivity index (χ0) is 14.2. The van der Waals surface area contributed by atoms with Crippen LogP contribution < -0.4 is 0 Å². The van der Waals surface area contributed by atoms with Crippen LogP contribution in [-0.4, -0.2) is 6.67 Å². The van der Waals surface area contributed by atoms with Crippen LogP contribution in [0.4, 0.5) is 4.39 Å². The third-order valence-corrected chi connectivity index (χ3v) is 5.94. The Hall–Kier alpha value is -0.330. The van der Waals surface area contributed by atoms with Crippen molar-refractivity contribution in [2.24, 2.45) is 23.7 Å². The summed E-state index contributed by atoms with van der Waals surface area (Å²) in [7, 11) is 0. The molecule has 0 unspecified atom stereocenters. The van der Waals surface area contributed by atoms with Gasteiger partial charge in [0, 0.05) is 0 Å². The Morgan fingerprint density at radius 2 is 1.30 bits per heavy atom. The molecule has 0 aromatic heterocycles. The summed E-state index contributed by atoms with van der Waals surface area (Å²) in [6.07, 6.45) is 19.3. The molecule has 0 N–H and O–H groups in total. The number of rotatable bonds is 6. The second-order valence-electron chi connectivity index (χ2n) is 7.19. The second-order valence-corrected chi connectivity index (χ2v) is 7.19. The number of hydrogen-bond acceptors (Lipinski definition) is 0. The van der Waals surface area contributed by atoms with Gasteiger partial charge in [0.25, 0.3) is 0 Å². The van der Waals surface area contributed by atoms with Gasteiger partial charge in [-0.1, -0.05) is 37.8 Å². The molecule has 1 heteroatoms. The van der Waals surface area contributed by atoms with E-state index in [1.165, 1.54) is 64.2 Å². The van der Waals surface area contributed by atoms with Gasteiger partial charge >= 0.3 is 0 Å². The second kappa shape index (κ2) is 8.85. The summed E-state index contributed by atoms with van der Waals surface area (Å²) in [5, 5.41) is 0. The Morgan fingerprint density at radius 1 is 0.800 bits per heavy atom. The lowest BCUT2D eigenvalue weighted by molar-refractivity contribution is 0.139. The van der Waals surface area contributed by atoms with Crippen molar-refractivity contribution in [3.05, 3.63) is 12.2 Å². The predicted molar refractivity (Wildman–Crippen MR) is 85.5 cm³/mol. The molecule has 2 aliphatic rings. The van der Waals surface area contributed by atoms with Crippen molar-refractivity contribution in [3.63, 3.8) is 0 Å². The van der Waals surface area contributed by atoms with Crippen LogP contribution in [0.3, 0.4) is 0 Å². The highest BCUT2D eigenvalue weighted by molar-refractivity contribution is 4.84. The number of alkyl halides is 1. The van der Waals surface area contributed by atoms with Gasteiger partial charge in [0.15, 0.2) is 0 Å². The molecule has 0 heterocycles. The standard InChI is InChI=1S/C19H33F/c1-2-3-4-5-16-6-10-18(11-7-16)19-12-8-17(9-13-19)14-15-20/h2-3,16-19H,4-15H2,1H3. The minimum absolute atomic E-state index is 0.105. The van der Waals surface area contributed by atoms with Crippen LogP contribution in [-0.2, 0) is 0 Å². The highest BCUT2D eigenvalue weighted by atomic mass is 19.1. The topological polar surface area (TPSA) is 0 Å². The van der Waals surface area contributed by atoms with E-state index in [1.807, 2.05) is 0 Å². The number of hydrogen-bond donors (Lipinski definition) is 0. The first-order valence-electron chi connectivity index (χ1n) is 9.00. The van der Waals surface area contributed by atoms with E-state index >= 15 is 0 Å². The van der Waals surface area contributed by atoms with E-state index in [1.54, 1.807) is 0 Å². The maximum absolute atomic E-state index is 12.4. The van der Waals surface area contributed by atoms with Crippen molar-refractivity contribution in [2.45, 2.75) is 77.6 Å². The highest BCUT2D eigenvalue weighted by Crippen LogP contribution is 2.42. The molecule has 0 atom stereocenters. The summed E-state index contributed by atoms with van der Waals surface area (Å²) in [6, 6.07) is 0. The first kappa shape index (κ1) is 16.0. The smallest absolute Gasteiger partial charge is 0.0897 e. The highest BCUT2D eigenvalue weighted by Gasteiger charge is 2.30. The van der Waals surface area contributed by atoms with Crippen LogP contribution in [0.1, 0.15) is 77.6 Å². The van der Waals surface area contributed by atoms with Gasteiger partial charge in [-0.15, -0.1) is 0 Å². The van der Waals surface area contributed by atoms with E-state index in [-0.39, 0.29) is 6.67 Å². The Labute approximate surface area is 125 Å². The fourth-order valence-electron chi connectivity index (χ4n) is 4.55. The molecule has 0 nitrogen and oxygen atoms in total. The van der Waals surface area contributed by atoms with Crippen molar-refractivity contribution in [1.82, 2.24) is 0 Å². The molecule has 2 rings (SSSR count). The van der Waals surface area contributed by atoms with Crippen molar-refractivity contribution < 1.29 is 4.39 Å². The molecular formula is C19H33F. The van der Waals surface area contributed by atoms with Crippen LogP contribution in [0.15, 0.2) is 12.2 Å². The molecule has 116 valence electrons. The molecule has 0 bridgehead atoms. The zero-order valence-corrected chi connectivity index (χ0v) is 13.3.